The van der Waals surface area contributed by atoms with Crippen molar-refractivity contribution in [2.24, 2.45) is 5.84 Å². The minimum atomic E-state index is 0.251. The van der Waals surface area contributed by atoms with Gasteiger partial charge in [0.2, 0.25) is 0 Å². The lowest BCUT2D eigenvalue weighted by molar-refractivity contribution is 0.480. The third-order valence-corrected chi connectivity index (χ3v) is 4.23. The number of hydrazine groups is 1. The molecule has 0 aliphatic carbocycles. The van der Waals surface area contributed by atoms with Crippen molar-refractivity contribution in [1.82, 2.24) is 5.43 Å². The van der Waals surface area contributed by atoms with Crippen molar-refractivity contribution >= 4 is 15.9 Å². The van der Waals surface area contributed by atoms with E-state index in [-0.39, 0.29) is 6.04 Å². The van der Waals surface area contributed by atoms with Crippen LogP contribution in [-0.4, -0.2) is 0 Å². The van der Waals surface area contributed by atoms with Crippen molar-refractivity contribution in [3.05, 3.63) is 33.8 Å². The maximum atomic E-state index is 5.67. The summed E-state index contributed by atoms with van der Waals surface area (Å²) in [6.45, 7) is 4.34. The molecule has 1 aromatic carbocycles. The smallest absolute Gasteiger partial charge is 0.0471 e. The fraction of sp³-hybridized carbons (Fsp3) is 0.571. The van der Waals surface area contributed by atoms with Crippen LogP contribution in [0, 0.1) is 6.92 Å². The Kier molecular flexibility index (Phi) is 6.78. The molecular weight excluding hydrogens is 276 g/mol. The Morgan fingerprint density at radius 3 is 2.71 bits per heavy atom. The summed E-state index contributed by atoms with van der Waals surface area (Å²) in [6, 6.07) is 6.59. The lowest BCUT2D eigenvalue weighted by Crippen LogP contribution is -2.28. The normalized spacial score (nSPS) is 12.7. The predicted octanol–water partition coefficient (Wildman–Crippen LogP) is 4.23. The zero-order valence-electron chi connectivity index (χ0n) is 10.8. The van der Waals surface area contributed by atoms with E-state index in [1.807, 2.05) is 0 Å². The van der Waals surface area contributed by atoms with Gasteiger partial charge in [-0.05, 0) is 24.5 Å². The van der Waals surface area contributed by atoms with Crippen molar-refractivity contribution in [3.8, 4) is 0 Å². The molecule has 1 atom stereocenters. The van der Waals surface area contributed by atoms with E-state index in [1.165, 1.54) is 41.3 Å². The first kappa shape index (κ1) is 14.7. The van der Waals surface area contributed by atoms with Crippen LogP contribution in [0.3, 0.4) is 0 Å². The molecule has 2 nitrogen and oxygen atoms in total. The second-order valence-corrected chi connectivity index (χ2v) is 5.34. The van der Waals surface area contributed by atoms with Crippen LogP contribution in [0.15, 0.2) is 22.7 Å². The molecule has 0 saturated heterocycles. The van der Waals surface area contributed by atoms with Crippen LogP contribution in [0.2, 0.25) is 0 Å². The molecule has 0 fully saturated rings. The van der Waals surface area contributed by atoms with E-state index in [0.29, 0.717) is 0 Å². The zero-order chi connectivity index (χ0) is 12.7. The van der Waals surface area contributed by atoms with E-state index >= 15 is 0 Å². The first-order valence-electron chi connectivity index (χ1n) is 6.41. The number of unbranched alkanes of at least 4 members (excludes halogenated alkanes) is 3. The van der Waals surface area contributed by atoms with Crippen LogP contribution in [0.1, 0.15) is 56.2 Å². The van der Waals surface area contributed by atoms with E-state index in [1.54, 1.807) is 0 Å². The maximum Gasteiger partial charge on any atom is 0.0471 e. The van der Waals surface area contributed by atoms with Gasteiger partial charge < -0.3 is 0 Å². The second kappa shape index (κ2) is 7.85. The van der Waals surface area contributed by atoms with Gasteiger partial charge in [-0.2, -0.15) is 0 Å². The summed E-state index contributed by atoms with van der Waals surface area (Å²) in [5.74, 6) is 5.67. The lowest BCUT2D eigenvalue weighted by Gasteiger charge is -2.18. The number of rotatable bonds is 7. The van der Waals surface area contributed by atoms with Crippen LogP contribution < -0.4 is 11.3 Å². The van der Waals surface area contributed by atoms with Crippen LogP contribution in [-0.2, 0) is 0 Å². The first-order chi connectivity index (χ1) is 8.20. The Morgan fingerprint density at radius 1 is 1.29 bits per heavy atom. The van der Waals surface area contributed by atoms with E-state index in [9.17, 15) is 0 Å². The van der Waals surface area contributed by atoms with E-state index in [4.69, 9.17) is 5.84 Å². The van der Waals surface area contributed by atoms with Crippen LogP contribution >= 0.6 is 15.9 Å². The summed E-state index contributed by atoms with van der Waals surface area (Å²) in [5.41, 5.74) is 5.46. The summed E-state index contributed by atoms with van der Waals surface area (Å²) >= 11 is 3.65. The van der Waals surface area contributed by atoms with Gasteiger partial charge in [0.15, 0.2) is 0 Å². The quantitative estimate of drug-likeness (QED) is 0.449. The Labute approximate surface area is 113 Å². The molecule has 3 heteroatoms. The third-order valence-electron chi connectivity index (χ3n) is 3.14. The highest BCUT2D eigenvalue weighted by Gasteiger charge is 2.13. The highest BCUT2D eigenvalue weighted by molar-refractivity contribution is 9.10. The van der Waals surface area contributed by atoms with Gasteiger partial charge in [0.1, 0.15) is 0 Å². The molecule has 0 amide bonds. The Balaban J connectivity index is 2.63. The molecule has 0 bridgehead atoms. The molecular formula is C14H23BrN2. The van der Waals surface area contributed by atoms with Crippen LogP contribution in [0.25, 0.3) is 0 Å². The number of halogens is 1. The molecule has 0 radical (unpaired) electrons. The second-order valence-electron chi connectivity index (χ2n) is 4.55. The van der Waals surface area contributed by atoms with Gasteiger partial charge in [-0.3, -0.25) is 11.3 Å². The number of benzene rings is 1. The highest BCUT2D eigenvalue weighted by Crippen LogP contribution is 2.29. The molecule has 96 valence electrons. The minimum absolute atomic E-state index is 0.251. The van der Waals surface area contributed by atoms with Crippen molar-refractivity contribution in [2.75, 3.05) is 0 Å². The summed E-state index contributed by atoms with van der Waals surface area (Å²) in [6.07, 6.45) is 6.20. The van der Waals surface area contributed by atoms with Gasteiger partial charge in [-0.1, -0.05) is 66.7 Å². The minimum Gasteiger partial charge on any atom is -0.271 e. The van der Waals surface area contributed by atoms with Crippen molar-refractivity contribution in [3.63, 3.8) is 0 Å². The molecule has 0 spiro atoms. The largest absolute Gasteiger partial charge is 0.271 e. The molecule has 17 heavy (non-hydrogen) atoms. The number of nitrogens with two attached hydrogens (primary N) is 1. The number of hydrogen-bond donors (Lipinski definition) is 2. The molecule has 1 aromatic rings. The fourth-order valence-corrected chi connectivity index (χ4v) is 2.58. The summed E-state index contributed by atoms with van der Waals surface area (Å²) in [7, 11) is 0. The standard InChI is InChI=1S/C14H23BrN2/c1-3-4-5-6-10-13(17-16)12-9-7-8-11(2)14(12)15/h7-9,13,17H,3-6,10,16H2,1-2H3. The maximum absolute atomic E-state index is 5.67. The molecule has 0 aliphatic rings. The first-order valence-corrected chi connectivity index (χ1v) is 7.21. The van der Waals surface area contributed by atoms with Gasteiger partial charge in [-0.15, -0.1) is 0 Å². The van der Waals surface area contributed by atoms with Crippen molar-refractivity contribution < 1.29 is 0 Å². The number of aryl methyl sites for hydroxylation is 1. The van der Waals surface area contributed by atoms with Gasteiger partial charge in [0, 0.05) is 10.5 Å². The molecule has 1 unspecified atom stereocenters. The summed E-state index contributed by atoms with van der Waals surface area (Å²) in [4.78, 5) is 0. The van der Waals surface area contributed by atoms with E-state index in [2.05, 4.69) is 53.4 Å². The third kappa shape index (κ3) is 4.41. The van der Waals surface area contributed by atoms with Gasteiger partial charge >= 0.3 is 0 Å². The van der Waals surface area contributed by atoms with E-state index in [0.717, 1.165) is 6.42 Å². The van der Waals surface area contributed by atoms with Crippen molar-refractivity contribution in [2.45, 2.75) is 52.0 Å². The molecule has 0 saturated carbocycles. The number of nitrogens with one attached hydrogen (secondary N) is 1. The van der Waals surface area contributed by atoms with Gasteiger partial charge in [-0.25, -0.2) is 0 Å². The molecule has 3 N–H and O–H groups in total. The topological polar surface area (TPSA) is 38.0 Å². The van der Waals surface area contributed by atoms with Gasteiger partial charge in [0.05, 0.1) is 0 Å². The van der Waals surface area contributed by atoms with Crippen molar-refractivity contribution in [1.29, 1.82) is 0 Å². The highest BCUT2D eigenvalue weighted by atomic mass is 79.9. The van der Waals surface area contributed by atoms with Gasteiger partial charge in [0.25, 0.3) is 0 Å². The number of hydrogen-bond acceptors (Lipinski definition) is 2. The lowest BCUT2D eigenvalue weighted by atomic mass is 9.99. The average molecular weight is 299 g/mol. The average Bonchev–Trinajstić information content (AvgIpc) is 2.34. The molecule has 0 aliphatic heterocycles. The Hall–Kier alpha value is -0.380. The summed E-state index contributed by atoms with van der Waals surface area (Å²) < 4.78 is 1.18. The van der Waals surface area contributed by atoms with Crippen LogP contribution in [0.4, 0.5) is 0 Å². The fourth-order valence-electron chi connectivity index (χ4n) is 2.04. The Bertz CT molecular complexity index is 339. The SMILES string of the molecule is CCCCCCC(NN)c1cccc(C)c1Br. The molecule has 1 rings (SSSR count). The summed E-state index contributed by atoms with van der Waals surface area (Å²) in [5, 5.41) is 0. The monoisotopic (exact) mass is 298 g/mol. The molecule has 0 heterocycles. The predicted molar refractivity (Wildman–Crippen MR) is 77.7 cm³/mol. The molecule has 0 aromatic heterocycles. The zero-order valence-corrected chi connectivity index (χ0v) is 12.4. The van der Waals surface area contributed by atoms with E-state index < -0.39 is 0 Å². The van der Waals surface area contributed by atoms with Crippen LogP contribution in [0.5, 0.6) is 0 Å². The Morgan fingerprint density at radius 2 is 2.06 bits per heavy atom.